The number of hydrogen-bond acceptors (Lipinski definition) is 4. The van der Waals surface area contributed by atoms with Crippen LogP contribution in [0.4, 0.5) is 11.4 Å². The maximum Gasteiger partial charge on any atom is 0.303 e. The Morgan fingerprint density at radius 3 is 2.82 bits per heavy atom. The molecule has 0 aliphatic carbocycles. The van der Waals surface area contributed by atoms with Gasteiger partial charge in [-0.05, 0) is 18.9 Å². The summed E-state index contributed by atoms with van der Waals surface area (Å²) in [6.45, 7) is 2.32. The fraction of sp³-hybridized carbons (Fsp3) is 0.364. The van der Waals surface area contributed by atoms with Gasteiger partial charge in [-0.3, -0.25) is 14.9 Å². The minimum absolute atomic E-state index is 0.0244. The molecule has 92 valence electrons. The molecule has 0 heterocycles. The van der Waals surface area contributed by atoms with Gasteiger partial charge >= 0.3 is 5.97 Å². The number of nitro benzene ring substituents is 1. The van der Waals surface area contributed by atoms with E-state index < -0.39 is 10.9 Å². The number of benzene rings is 1. The monoisotopic (exact) mass is 238 g/mol. The second kappa shape index (κ2) is 5.83. The lowest BCUT2D eigenvalue weighted by atomic mass is 10.1. The van der Waals surface area contributed by atoms with Crippen molar-refractivity contribution in [3.05, 3.63) is 33.9 Å². The summed E-state index contributed by atoms with van der Waals surface area (Å²) in [6.07, 6.45) is 0.568. The highest BCUT2D eigenvalue weighted by atomic mass is 16.6. The van der Waals surface area contributed by atoms with Gasteiger partial charge in [-0.15, -0.1) is 0 Å². The molecule has 0 unspecified atom stereocenters. The molecule has 1 rings (SSSR count). The molecule has 0 aliphatic rings. The number of rotatable bonds is 6. The molecule has 0 aliphatic heterocycles. The molecule has 0 fully saturated rings. The number of aryl methyl sites for hydroxylation is 1. The van der Waals surface area contributed by atoms with Crippen molar-refractivity contribution in [3.63, 3.8) is 0 Å². The topological polar surface area (TPSA) is 92.5 Å². The van der Waals surface area contributed by atoms with Crippen molar-refractivity contribution in [2.24, 2.45) is 0 Å². The summed E-state index contributed by atoms with van der Waals surface area (Å²) in [7, 11) is 0. The van der Waals surface area contributed by atoms with Crippen molar-refractivity contribution in [1.82, 2.24) is 0 Å². The quantitative estimate of drug-likeness (QED) is 0.450. The minimum atomic E-state index is -0.845. The van der Waals surface area contributed by atoms with E-state index in [9.17, 15) is 14.9 Å². The number of non-ortho nitro benzene ring substituents is 1. The largest absolute Gasteiger partial charge is 0.481 e. The summed E-state index contributed by atoms with van der Waals surface area (Å²) in [5.74, 6) is -0.845. The molecule has 17 heavy (non-hydrogen) atoms. The molecule has 0 radical (unpaired) electrons. The van der Waals surface area contributed by atoms with Crippen molar-refractivity contribution < 1.29 is 14.8 Å². The molecule has 6 heteroatoms. The van der Waals surface area contributed by atoms with E-state index in [0.29, 0.717) is 18.7 Å². The first-order valence-electron chi connectivity index (χ1n) is 5.21. The fourth-order valence-electron chi connectivity index (χ4n) is 1.38. The molecule has 0 spiro atoms. The van der Waals surface area contributed by atoms with Crippen LogP contribution in [0, 0.1) is 17.0 Å². The Balaban J connectivity index is 2.60. The first kappa shape index (κ1) is 13.0. The van der Waals surface area contributed by atoms with Gasteiger partial charge in [0, 0.05) is 30.8 Å². The maximum atomic E-state index is 10.6. The van der Waals surface area contributed by atoms with Crippen molar-refractivity contribution in [1.29, 1.82) is 0 Å². The number of nitrogens with one attached hydrogen (secondary N) is 1. The second-order valence-electron chi connectivity index (χ2n) is 3.68. The molecular formula is C11H14N2O4. The second-order valence-corrected chi connectivity index (χ2v) is 3.68. The average Bonchev–Trinajstić information content (AvgIpc) is 2.25. The third-order valence-corrected chi connectivity index (χ3v) is 2.31. The van der Waals surface area contributed by atoms with Crippen LogP contribution in [0.15, 0.2) is 18.2 Å². The van der Waals surface area contributed by atoms with Gasteiger partial charge in [-0.2, -0.15) is 0 Å². The van der Waals surface area contributed by atoms with Crippen LogP contribution in [-0.2, 0) is 4.79 Å². The van der Waals surface area contributed by atoms with E-state index in [4.69, 9.17) is 5.11 Å². The van der Waals surface area contributed by atoms with Gasteiger partial charge in [0.15, 0.2) is 0 Å². The van der Waals surface area contributed by atoms with Crippen LogP contribution in [0.5, 0.6) is 0 Å². The van der Waals surface area contributed by atoms with E-state index in [1.54, 1.807) is 6.07 Å². The first-order valence-corrected chi connectivity index (χ1v) is 5.21. The third kappa shape index (κ3) is 4.10. The van der Waals surface area contributed by atoms with Crippen LogP contribution in [0.25, 0.3) is 0 Å². The number of carbonyl (C=O) groups is 1. The Bertz CT molecular complexity index is 431. The van der Waals surface area contributed by atoms with Gasteiger partial charge in [0.25, 0.3) is 5.69 Å². The number of hydrogen-bond donors (Lipinski definition) is 2. The van der Waals surface area contributed by atoms with Gasteiger partial charge in [0.1, 0.15) is 0 Å². The fourth-order valence-corrected chi connectivity index (χ4v) is 1.38. The number of carboxylic acids is 1. The molecule has 6 nitrogen and oxygen atoms in total. The molecule has 1 aromatic rings. The number of nitro groups is 1. The van der Waals surface area contributed by atoms with Gasteiger partial charge in [0.2, 0.25) is 0 Å². The van der Waals surface area contributed by atoms with Gasteiger partial charge in [0.05, 0.1) is 4.92 Å². The minimum Gasteiger partial charge on any atom is -0.481 e. The zero-order valence-electron chi connectivity index (χ0n) is 9.47. The normalized spacial score (nSPS) is 9.94. The molecule has 0 bridgehead atoms. The maximum absolute atomic E-state index is 10.6. The van der Waals surface area contributed by atoms with Crippen molar-refractivity contribution >= 4 is 17.3 Å². The summed E-state index contributed by atoms with van der Waals surface area (Å²) in [5, 5.41) is 22.0. The molecule has 0 saturated carbocycles. The van der Waals surface area contributed by atoms with Crippen LogP contribution in [-0.4, -0.2) is 22.5 Å². The van der Waals surface area contributed by atoms with Crippen LogP contribution in [0.1, 0.15) is 18.4 Å². The van der Waals surface area contributed by atoms with Crippen LogP contribution in [0.2, 0.25) is 0 Å². The third-order valence-electron chi connectivity index (χ3n) is 2.31. The summed E-state index contributed by atoms with van der Waals surface area (Å²) in [5.41, 5.74) is 1.59. The molecular weight excluding hydrogens is 224 g/mol. The smallest absolute Gasteiger partial charge is 0.303 e. The van der Waals surface area contributed by atoms with Gasteiger partial charge in [-0.1, -0.05) is 6.07 Å². The van der Waals surface area contributed by atoms with Crippen LogP contribution in [0.3, 0.4) is 0 Å². The Hall–Kier alpha value is -2.11. The lowest BCUT2D eigenvalue weighted by Gasteiger charge is -2.08. The highest BCUT2D eigenvalue weighted by molar-refractivity contribution is 5.66. The summed E-state index contributed by atoms with van der Waals surface area (Å²) < 4.78 is 0. The Labute approximate surface area is 98.4 Å². The zero-order chi connectivity index (χ0) is 12.8. The summed E-state index contributed by atoms with van der Waals surface area (Å²) in [6, 6.07) is 4.56. The highest BCUT2D eigenvalue weighted by Crippen LogP contribution is 2.21. The Morgan fingerprint density at radius 2 is 2.24 bits per heavy atom. The molecule has 2 N–H and O–H groups in total. The van der Waals surface area contributed by atoms with E-state index in [2.05, 4.69) is 5.32 Å². The molecule has 1 aromatic carbocycles. The standard InChI is InChI=1S/C11H14N2O4/c1-8-4-5-9(13(16)17)7-10(8)12-6-2-3-11(14)15/h4-5,7,12H,2-3,6H2,1H3,(H,14,15). The number of carboxylic acid groups (broad SMARTS) is 1. The van der Waals surface area contributed by atoms with E-state index in [1.165, 1.54) is 12.1 Å². The van der Waals surface area contributed by atoms with Crippen LogP contribution >= 0.6 is 0 Å². The predicted octanol–water partition coefficient (Wildman–Crippen LogP) is 2.18. The highest BCUT2D eigenvalue weighted by Gasteiger charge is 2.08. The van der Waals surface area contributed by atoms with Crippen molar-refractivity contribution in [2.75, 3.05) is 11.9 Å². The Morgan fingerprint density at radius 1 is 1.53 bits per heavy atom. The molecule has 0 atom stereocenters. The van der Waals surface area contributed by atoms with E-state index in [-0.39, 0.29) is 12.1 Å². The number of anilines is 1. The SMILES string of the molecule is Cc1ccc([N+](=O)[O-])cc1NCCCC(=O)O. The lowest BCUT2D eigenvalue weighted by molar-refractivity contribution is -0.384. The van der Waals surface area contributed by atoms with E-state index in [1.807, 2.05) is 6.92 Å². The lowest BCUT2D eigenvalue weighted by Crippen LogP contribution is -2.06. The van der Waals surface area contributed by atoms with Crippen molar-refractivity contribution in [3.8, 4) is 0 Å². The predicted molar refractivity (Wildman–Crippen MR) is 63.2 cm³/mol. The summed E-state index contributed by atoms with van der Waals surface area (Å²) >= 11 is 0. The van der Waals surface area contributed by atoms with Gasteiger partial charge in [-0.25, -0.2) is 0 Å². The van der Waals surface area contributed by atoms with E-state index >= 15 is 0 Å². The van der Waals surface area contributed by atoms with Crippen molar-refractivity contribution in [2.45, 2.75) is 19.8 Å². The number of nitrogens with zero attached hydrogens (tertiary/aromatic N) is 1. The van der Waals surface area contributed by atoms with Gasteiger partial charge < -0.3 is 10.4 Å². The average molecular weight is 238 g/mol. The molecule has 0 amide bonds. The number of aliphatic carboxylic acids is 1. The first-order chi connectivity index (χ1) is 8.00. The molecule has 0 saturated heterocycles. The molecule has 0 aromatic heterocycles. The summed E-state index contributed by atoms with van der Waals surface area (Å²) in [4.78, 5) is 20.4. The van der Waals surface area contributed by atoms with Crippen LogP contribution < -0.4 is 5.32 Å². The Kier molecular flexibility index (Phi) is 4.45. The zero-order valence-corrected chi connectivity index (χ0v) is 9.47. The van der Waals surface area contributed by atoms with E-state index in [0.717, 1.165) is 5.56 Å².